The van der Waals surface area contributed by atoms with Gasteiger partial charge in [-0.3, -0.25) is 4.90 Å². The van der Waals surface area contributed by atoms with Crippen LogP contribution in [0, 0.1) is 5.82 Å². The first-order valence-electron chi connectivity index (χ1n) is 9.58. The number of halogens is 2. The fourth-order valence-corrected chi connectivity index (χ4v) is 4.30. The van der Waals surface area contributed by atoms with Gasteiger partial charge in [0.1, 0.15) is 5.82 Å². The third kappa shape index (κ3) is 4.09. The maximum atomic E-state index is 13.7. The number of nitrogens with zero attached hydrogens (tertiary/aromatic N) is 1. The van der Waals surface area contributed by atoms with E-state index < -0.39 is 0 Å². The summed E-state index contributed by atoms with van der Waals surface area (Å²) in [6.45, 7) is 1.49. The van der Waals surface area contributed by atoms with Crippen LogP contribution in [0.1, 0.15) is 28.3 Å². The molecule has 0 unspecified atom stereocenters. The number of ether oxygens (including phenoxy) is 2. The van der Waals surface area contributed by atoms with Gasteiger partial charge in [0.2, 0.25) is 0 Å². The largest absolute Gasteiger partial charge is 0.493 e. The standard InChI is InChI=1S/C24H23ClFNO2/c1-28-22-13-17-9-10-27(15-16-5-3-8-20(26)11-16)24(21(17)14-23(22)29-2)18-6-4-7-19(25)12-18/h3-8,11-14,24H,9-10,15H2,1-2H3/t24-/m1/s1. The van der Waals surface area contributed by atoms with Gasteiger partial charge in [-0.1, -0.05) is 35.9 Å². The molecule has 1 aliphatic rings. The monoisotopic (exact) mass is 411 g/mol. The molecule has 1 aliphatic heterocycles. The quantitative estimate of drug-likeness (QED) is 0.542. The van der Waals surface area contributed by atoms with E-state index in [1.165, 1.54) is 11.6 Å². The van der Waals surface area contributed by atoms with Gasteiger partial charge in [0.15, 0.2) is 11.5 Å². The van der Waals surface area contributed by atoms with E-state index in [9.17, 15) is 4.39 Å². The maximum absolute atomic E-state index is 13.7. The molecule has 0 saturated heterocycles. The third-order valence-electron chi connectivity index (χ3n) is 5.41. The first kappa shape index (κ1) is 19.7. The number of hydrogen-bond donors (Lipinski definition) is 0. The van der Waals surface area contributed by atoms with Crippen molar-refractivity contribution < 1.29 is 13.9 Å². The lowest BCUT2D eigenvalue weighted by Crippen LogP contribution is -2.35. The number of methoxy groups -OCH3 is 2. The normalized spacial score (nSPS) is 16.3. The molecule has 5 heteroatoms. The molecule has 29 heavy (non-hydrogen) atoms. The number of rotatable bonds is 5. The van der Waals surface area contributed by atoms with Crippen LogP contribution in [0.5, 0.6) is 11.5 Å². The van der Waals surface area contributed by atoms with Crippen LogP contribution in [0.15, 0.2) is 60.7 Å². The summed E-state index contributed by atoms with van der Waals surface area (Å²) in [5.41, 5.74) is 4.43. The van der Waals surface area contributed by atoms with Crippen molar-refractivity contribution in [1.82, 2.24) is 4.90 Å². The minimum atomic E-state index is -0.217. The molecular formula is C24H23ClFNO2. The van der Waals surface area contributed by atoms with E-state index in [0.717, 1.165) is 35.4 Å². The van der Waals surface area contributed by atoms with E-state index >= 15 is 0 Å². The highest BCUT2D eigenvalue weighted by molar-refractivity contribution is 6.30. The van der Waals surface area contributed by atoms with Crippen molar-refractivity contribution in [2.75, 3.05) is 20.8 Å². The van der Waals surface area contributed by atoms with Gasteiger partial charge in [-0.25, -0.2) is 4.39 Å². The van der Waals surface area contributed by atoms with Crippen molar-refractivity contribution >= 4 is 11.6 Å². The highest BCUT2D eigenvalue weighted by Gasteiger charge is 2.30. The minimum Gasteiger partial charge on any atom is -0.493 e. The topological polar surface area (TPSA) is 21.7 Å². The fraction of sp³-hybridized carbons (Fsp3) is 0.250. The first-order chi connectivity index (χ1) is 14.1. The van der Waals surface area contributed by atoms with Crippen molar-refractivity contribution in [3.8, 4) is 11.5 Å². The Morgan fingerprint density at radius 1 is 1.00 bits per heavy atom. The molecule has 0 aromatic heterocycles. The van der Waals surface area contributed by atoms with E-state index in [1.54, 1.807) is 26.4 Å². The Bertz CT molecular complexity index is 1020. The van der Waals surface area contributed by atoms with Crippen LogP contribution < -0.4 is 9.47 Å². The molecule has 0 spiro atoms. The predicted molar refractivity (Wildman–Crippen MR) is 113 cm³/mol. The van der Waals surface area contributed by atoms with Crippen molar-refractivity contribution in [3.05, 3.63) is 93.8 Å². The zero-order valence-corrected chi connectivity index (χ0v) is 17.2. The van der Waals surface area contributed by atoms with Gasteiger partial charge < -0.3 is 9.47 Å². The van der Waals surface area contributed by atoms with Crippen molar-refractivity contribution in [1.29, 1.82) is 0 Å². The first-order valence-corrected chi connectivity index (χ1v) is 9.95. The highest BCUT2D eigenvalue weighted by atomic mass is 35.5. The van der Waals surface area contributed by atoms with Gasteiger partial charge in [-0.05, 0) is 65.1 Å². The Morgan fingerprint density at radius 3 is 2.48 bits per heavy atom. The van der Waals surface area contributed by atoms with E-state index in [1.807, 2.05) is 24.3 Å². The fourth-order valence-electron chi connectivity index (χ4n) is 4.10. The van der Waals surface area contributed by atoms with Gasteiger partial charge in [-0.2, -0.15) is 0 Å². The summed E-state index contributed by atoms with van der Waals surface area (Å²) in [5.74, 6) is 1.21. The lowest BCUT2D eigenvalue weighted by molar-refractivity contribution is 0.203. The van der Waals surface area contributed by atoms with E-state index in [2.05, 4.69) is 23.1 Å². The Hall–Kier alpha value is -2.56. The summed E-state index contributed by atoms with van der Waals surface area (Å²) in [6.07, 6.45) is 0.877. The molecule has 3 aromatic rings. The molecule has 1 heterocycles. The molecule has 3 aromatic carbocycles. The number of benzene rings is 3. The van der Waals surface area contributed by atoms with E-state index in [-0.39, 0.29) is 11.9 Å². The summed E-state index contributed by atoms with van der Waals surface area (Å²) < 4.78 is 24.8. The second-order valence-electron chi connectivity index (χ2n) is 7.21. The molecule has 0 saturated carbocycles. The molecule has 150 valence electrons. The van der Waals surface area contributed by atoms with Crippen LogP contribution >= 0.6 is 11.6 Å². The molecule has 0 N–H and O–H groups in total. The van der Waals surface area contributed by atoms with Crippen LogP contribution in [0.4, 0.5) is 4.39 Å². The average Bonchev–Trinajstić information content (AvgIpc) is 2.72. The molecule has 3 nitrogen and oxygen atoms in total. The Labute approximate surface area is 175 Å². The molecule has 0 radical (unpaired) electrons. The van der Waals surface area contributed by atoms with Gasteiger partial charge in [0, 0.05) is 18.1 Å². The molecule has 0 amide bonds. The SMILES string of the molecule is COc1cc2c(cc1OC)[C@@H](c1cccc(Cl)c1)N(Cc1cccc(F)c1)CC2. The van der Waals surface area contributed by atoms with Crippen LogP contribution in [-0.2, 0) is 13.0 Å². The summed E-state index contributed by atoms with van der Waals surface area (Å²) >= 11 is 6.31. The lowest BCUT2D eigenvalue weighted by atomic mass is 9.87. The van der Waals surface area contributed by atoms with Crippen molar-refractivity contribution in [3.63, 3.8) is 0 Å². The zero-order valence-electron chi connectivity index (χ0n) is 16.5. The Morgan fingerprint density at radius 2 is 1.76 bits per heavy atom. The average molecular weight is 412 g/mol. The van der Waals surface area contributed by atoms with Gasteiger partial charge in [-0.15, -0.1) is 0 Å². The molecule has 0 aliphatic carbocycles. The summed E-state index contributed by atoms with van der Waals surface area (Å²) in [4.78, 5) is 2.36. The second-order valence-corrected chi connectivity index (χ2v) is 7.65. The molecule has 0 fully saturated rings. The van der Waals surface area contributed by atoms with Crippen LogP contribution in [0.3, 0.4) is 0 Å². The Balaban J connectivity index is 1.80. The van der Waals surface area contributed by atoms with Crippen LogP contribution in [0.2, 0.25) is 5.02 Å². The van der Waals surface area contributed by atoms with E-state index in [0.29, 0.717) is 17.3 Å². The maximum Gasteiger partial charge on any atom is 0.161 e. The lowest BCUT2D eigenvalue weighted by Gasteiger charge is -2.38. The zero-order chi connectivity index (χ0) is 20.4. The molecule has 0 bridgehead atoms. The van der Waals surface area contributed by atoms with Gasteiger partial charge in [0.25, 0.3) is 0 Å². The summed E-state index contributed by atoms with van der Waals surface area (Å²) in [6, 6.07) is 18.8. The summed E-state index contributed by atoms with van der Waals surface area (Å²) in [5, 5.41) is 0.695. The number of fused-ring (bicyclic) bond motifs is 1. The second kappa shape index (κ2) is 8.44. The molecular weight excluding hydrogens is 389 g/mol. The minimum absolute atomic E-state index is 0.0134. The highest BCUT2D eigenvalue weighted by Crippen LogP contribution is 2.41. The van der Waals surface area contributed by atoms with Crippen molar-refractivity contribution in [2.24, 2.45) is 0 Å². The molecule has 4 rings (SSSR count). The predicted octanol–water partition coefficient (Wildman–Crippen LogP) is 5.64. The molecule has 1 atom stereocenters. The van der Waals surface area contributed by atoms with Crippen LogP contribution in [0.25, 0.3) is 0 Å². The van der Waals surface area contributed by atoms with Crippen LogP contribution in [-0.4, -0.2) is 25.7 Å². The van der Waals surface area contributed by atoms with Gasteiger partial charge >= 0.3 is 0 Å². The number of hydrogen-bond acceptors (Lipinski definition) is 3. The smallest absolute Gasteiger partial charge is 0.161 e. The van der Waals surface area contributed by atoms with Crippen molar-refractivity contribution in [2.45, 2.75) is 19.0 Å². The Kier molecular flexibility index (Phi) is 5.74. The van der Waals surface area contributed by atoms with E-state index in [4.69, 9.17) is 21.1 Å². The third-order valence-corrected chi connectivity index (χ3v) is 5.65. The summed E-state index contributed by atoms with van der Waals surface area (Å²) in [7, 11) is 3.30. The van der Waals surface area contributed by atoms with Gasteiger partial charge in [0.05, 0.1) is 20.3 Å².